The fourth-order valence-electron chi connectivity index (χ4n) is 1.55. The first-order valence-corrected chi connectivity index (χ1v) is 7.16. The van der Waals surface area contributed by atoms with Gasteiger partial charge in [-0.1, -0.05) is 34.8 Å². The van der Waals surface area contributed by atoms with E-state index < -0.39 is 0 Å². The fourth-order valence-corrected chi connectivity index (χ4v) is 2.46. The summed E-state index contributed by atoms with van der Waals surface area (Å²) in [6, 6.07) is 2.98. The van der Waals surface area contributed by atoms with Gasteiger partial charge in [0.25, 0.3) is 0 Å². The van der Waals surface area contributed by atoms with E-state index in [0.717, 1.165) is 0 Å². The maximum atomic E-state index is 11.9. The summed E-state index contributed by atoms with van der Waals surface area (Å²) in [4.78, 5) is 24.6. The van der Waals surface area contributed by atoms with Crippen molar-refractivity contribution >= 4 is 52.4 Å². The molecule has 1 N–H and O–H groups in total. The molecule has 0 spiro atoms. The molecule has 0 bridgehead atoms. The molecule has 1 aromatic carbocycles. The molecule has 5 nitrogen and oxygen atoms in total. The van der Waals surface area contributed by atoms with Gasteiger partial charge in [0.15, 0.2) is 0 Å². The first-order valence-electron chi connectivity index (χ1n) is 6.03. The second kappa shape index (κ2) is 8.44. The Kier molecular flexibility index (Phi) is 7.25. The van der Waals surface area contributed by atoms with Gasteiger partial charge >= 0.3 is 5.97 Å². The molecule has 0 radical (unpaired) electrons. The number of anilines is 1. The average Bonchev–Trinajstić information content (AvgIpc) is 2.40. The number of hydrogen-bond donors (Lipinski definition) is 1. The summed E-state index contributed by atoms with van der Waals surface area (Å²) in [7, 11) is 3.03. The molecule has 0 saturated heterocycles. The Morgan fingerprint density at radius 2 is 1.81 bits per heavy atom. The standard InChI is InChI=1S/C13H15Cl3N2O3/c1-18(4-3-12(20)21-2)7-11(19)17-13-9(15)5-8(14)6-10(13)16/h5-6H,3-4,7H2,1-2H3,(H,17,19). The zero-order valence-electron chi connectivity index (χ0n) is 11.6. The highest BCUT2D eigenvalue weighted by atomic mass is 35.5. The topological polar surface area (TPSA) is 58.6 Å². The van der Waals surface area contributed by atoms with Crippen molar-refractivity contribution < 1.29 is 14.3 Å². The van der Waals surface area contributed by atoms with Crippen LogP contribution in [0.15, 0.2) is 12.1 Å². The van der Waals surface area contributed by atoms with E-state index in [9.17, 15) is 9.59 Å². The lowest BCUT2D eigenvalue weighted by Gasteiger charge is -2.16. The van der Waals surface area contributed by atoms with Crippen LogP contribution in [0.4, 0.5) is 5.69 Å². The Balaban J connectivity index is 2.56. The number of esters is 1. The van der Waals surface area contributed by atoms with Gasteiger partial charge in [-0.15, -0.1) is 0 Å². The van der Waals surface area contributed by atoms with Gasteiger partial charge in [-0.3, -0.25) is 14.5 Å². The van der Waals surface area contributed by atoms with Gasteiger partial charge in [-0.2, -0.15) is 0 Å². The quantitative estimate of drug-likeness (QED) is 0.799. The summed E-state index contributed by atoms with van der Waals surface area (Å²) < 4.78 is 4.53. The second-order valence-electron chi connectivity index (χ2n) is 4.36. The van der Waals surface area contributed by atoms with E-state index in [-0.39, 0.29) is 34.9 Å². The van der Waals surface area contributed by atoms with Crippen LogP contribution in [0.25, 0.3) is 0 Å². The van der Waals surface area contributed by atoms with Crippen molar-refractivity contribution in [1.29, 1.82) is 0 Å². The van der Waals surface area contributed by atoms with Crippen molar-refractivity contribution in [2.75, 3.05) is 32.6 Å². The van der Waals surface area contributed by atoms with Gasteiger partial charge in [0.05, 0.1) is 35.8 Å². The lowest BCUT2D eigenvalue weighted by molar-refractivity contribution is -0.141. The zero-order valence-corrected chi connectivity index (χ0v) is 13.8. The third-order valence-electron chi connectivity index (χ3n) is 2.61. The minimum absolute atomic E-state index is 0.0896. The molecule has 1 amide bonds. The molecule has 8 heteroatoms. The summed E-state index contributed by atoms with van der Waals surface area (Å²) in [5.74, 6) is -0.625. The molecule has 0 aliphatic carbocycles. The number of nitrogens with one attached hydrogen (secondary N) is 1. The lowest BCUT2D eigenvalue weighted by Crippen LogP contribution is -2.32. The predicted molar refractivity (Wildman–Crippen MR) is 84.2 cm³/mol. The van der Waals surface area contributed by atoms with E-state index in [1.54, 1.807) is 11.9 Å². The second-order valence-corrected chi connectivity index (χ2v) is 5.61. The first kappa shape index (κ1) is 18.0. The Morgan fingerprint density at radius 3 is 2.33 bits per heavy atom. The number of likely N-dealkylation sites (N-methyl/N-ethyl adjacent to an activating group) is 1. The van der Waals surface area contributed by atoms with E-state index in [1.165, 1.54) is 19.2 Å². The van der Waals surface area contributed by atoms with Crippen LogP contribution < -0.4 is 5.32 Å². The smallest absolute Gasteiger partial charge is 0.306 e. The fraction of sp³-hybridized carbons (Fsp3) is 0.385. The van der Waals surface area contributed by atoms with E-state index >= 15 is 0 Å². The molecule has 1 rings (SSSR count). The van der Waals surface area contributed by atoms with Crippen molar-refractivity contribution in [1.82, 2.24) is 4.90 Å². The molecule has 0 saturated carbocycles. The first-order chi connectivity index (χ1) is 9.83. The average molecular weight is 354 g/mol. The Hall–Kier alpha value is -1.01. The monoisotopic (exact) mass is 352 g/mol. The van der Waals surface area contributed by atoms with Gasteiger partial charge in [0.2, 0.25) is 5.91 Å². The maximum absolute atomic E-state index is 11.9. The van der Waals surface area contributed by atoms with E-state index in [4.69, 9.17) is 34.8 Å². The number of rotatable bonds is 6. The van der Waals surface area contributed by atoms with Gasteiger partial charge in [0.1, 0.15) is 0 Å². The predicted octanol–water partition coefficient (Wildman–Crippen LogP) is 3.08. The summed E-state index contributed by atoms with van der Waals surface area (Å²) in [5.41, 5.74) is 0.314. The molecule has 0 aliphatic heterocycles. The molecule has 116 valence electrons. The van der Waals surface area contributed by atoms with Crippen LogP contribution in [0.3, 0.4) is 0 Å². The number of methoxy groups -OCH3 is 1. The zero-order chi connectivity index (χ0) is 16.0. The minimum Gasteiger partial charge on any atom is -0.469 e. The van der Waals surface area contributed by atoms with Gasteiger partial charge in [-0.05, 0) is 19.2 Å². The number of carbonyl (C=O) groups excluding carboxylic acids is 2. The van der Waals surface area contributed by atoms with Crippen molar-refractivity contribution in [2.24, 2.45) is 0 Å². The number of halogens is 3. The normalized spacial score (nSPS) is 10.6. The lowest BCUT2D eigenvalue weighted by atomic mass is 10.3. The Morgan fingerprint density at radius 1 is 1.24 bits per heavy atom. The SMILES string of the molecule is COC(=O)CCN(C)CC(=O)Nc1c(Cl)cc(Cl)cc1Cl. The molecule has 0 heterocycles. The van der Waals surface area contributed by atoms with E-state index in [1.807, 2.05) is 0 Å². The minimum atomic E-state index is -0.328. The molecule has 0 unspecified atom stereocenters. The number of hydrogen-bond acceptors (Lipinski definition) is 4. The number of amides is 1. The van der Waals surface area contributed by atoms with E-state index in [0.29, 0.717) is 17.3 Å². The third kappa shape index (κ3) is 6.09. The van der Waals surface area contributed by atoms with Gasteiger partial charge in [0, 0.05) is 11.6 Å². The highest BCUT2D eigenvalue weighted by molar-refractivity contribution is 6.42. The van der Waals surface area contributed by atoms with Crippen molar-refractivity contribution in [3.05, 3.63) is 27.2 Å². The molecule has 0 aromatic heterocycles. The summed E-state index contributed by atoms with van der Waals surface area (Å²) in [6.45, 7) is 0.494. The van der Waals surface area contributed by atoms with Crippen LogP contribution in [0.1, 0.15) is 6.42 Å². The van der Waals surface area contributed by atoms with Crippen LogP contribution in [0.5, 0.6) is 0 Å². The molecular formula is C13H15Cl3N2O3. The Bertz CT molecular complexity index is 514. The van der Waals surface area contributed by atoms with Crippen LogP contribution in [0.2, 0.25) is 15.1 Å². The highest BCUT2D eigenvalue weighted by Crippen LogP contribution is 2.33. The Labute approximate surface area is 138 Å². The largest absolute Gasteiger partial charge is 0.469 e. The van der Waals surface area contributed by atoms with Crippen LogP contribution in [-0.4, -0.2) is 44.0 Å². The number of carbonyl (C=O) groups is 2. The van der Waals surface area contributed by atoms with Crippen molar-refractivity contribution in [3.8, 4) is 0 Å². The van der Waals surface area contributed by atoms with Crippen LogP contribution in [-0.2, 0) is 14.3 Å². The van der Waals surface area contributed by atoms with Crippen LogP contribution >= 0.6 is 34.8 Å². The van der Waals surface area contributed by atoms with Gasteiger partial charge in [-0.25, -0.2) is 0 Å². The highest BCUT2D eigenvalue weighted by Gasteiger charge is 2.13. The molecule has 1 aromatic rings. The summed E-state index contributed by atoms with van der Waals surface area (Å²) in [6.07, 6.45) is 0.211. The number of nitrogens with zero attached hydrogens (tertiary/aromatic N) is 1. The van der Waals surface area contributed by atoms with E-state index in [2.05, 4.69) is 10.1 Å². The number of benzene rings is 1. The van der Waals surface area contributed by atoms with Gasteiger partial charge < -0.3 is 10.1 Å². The molecule has 0 atom stereocenters. The summed E-state index contributed by atoms with van der Waals surface area (Å²) >= 11 is 17.8. The van der Waals surface area contributed by atoms with Crippen molar-refractivity contribution in [3.63, 3.8) is 0 Å². The summed E-state index contributed by atoms with van der Waals surface area (Å²) in [5, 5.41) is 3.53. The third-order valence-corrected chi connectivity index (χ3v) is 3.42. The maximum Gasteiger partial charge on any atom is 0.306 e. The molecular weight excluding hydrogens is 339 g/mol. The molecule has 0 fully saturated rings. The van der Waals surface area contributed by atoms with Crippen LogP contribution in [0, 0.1) is 0 Å². The van der Waals surface area contributed by atoms with Crippen molar-refractivity contribution in [2.45, 2.75) is 6.42 Å². The molecule has 21 heavy (non-hydrogen) atoms. The number of ether oxygens (including phenoxy) is 1. The molecule has 0 aliphatic rings.